The third-order valence-corrected chi connectivity index (χ3v) is 4.09. The zero-order chi connectivity index (χ0) is 13.4. The predicted octanol–water partition coefficient (Wildman–Crippen LogP) is 2.73. The molecular formula is C13H11FN2O2S. The van der Waals surface area contributed by atoms with E-state index >= 15 is 0 Å². The molecule has 0 unspecified atom stereocenters. The largest absolute Gasteiger partial charge is 0.507 e. The summed E-state index contributed by atoms with van der Waals surface area (Å²) >= 11 is 1.46. The monoisotopic (exact) mass is 278 g/mol. The molecule has 3 rings (SSSR count). The number of halogens is 1. The van der Waals surface area contributed by atoms with Gasteiger partial charge >= 0.3 is 0 Å². The van der Waals surface area contributed by atoms with Gasteiger partial charge in [-0.25, -0.2) is 9.37 Å². The van der Waals surface area contributed by atoms with Gasteiger partial charge in [-0.1, -0.05) is 0 Å². The Balaban J connectivity index is 1.80. The van der Waals surface area contributed by atoms with Gasteiger partial charge in [0.05, 0.1) is 11.3 Å². The van der Waals surface area contributed by atoms with Gasteiger partial charge in [-0.3, -0.25) is 10.1 Å². The maximum atomic E-state index is 12.8. The summed E-state index contributed by atoms with van der Waals surface area (Å²) < 4.78 is 12.8. The van der Waals surface area contributed by atoms with Gasteiger partial charge < -0.3 is 5.11 Å². The van der Waals surface area contributed by atoms with E-state index in [0.29, 0.717) is 5.13 Å². The second-order valence-corrected chi connectivity index (χ2v) is 5.44. The van der Waals surface area contributed by atoms with Gasteiger partial charge in [0, 0.05) is 10.9 Å². The van der Waals surface area contributed by atoms with Gasteiger partial charge in [-0.15, -0.1) is 11.3 Å². The summed E-state index contributed by atoms with van der Waals surface area (Å²) in [6.07, 6.45) is 3.06. The molecule has 1 aliphatic carbocycles. The smallest absolute Gasteiger partial charge is 0.261 e. The molecule has 98 valence electrons. The number of fused-ring (bicyclic) bond motifs is 1. The Morgan fingerprint density at radius 1 is 1.42 bits per heavy atom. The first kappa shape index (κ1) is 12.1. The van der Waals surface area contributed by atoms with E-state index in [2.05, 4.69) is 10.3 Å². The molecule has 0 saturated carbocycles. The van der Waals surface area contributed by atoms with Crippen LogP contribution in [0.3, 0.4) is 0 Å². The number of thiazole rings is 1. The summed E-state index contributed by atoms with van der Waals surface area (Å²) in [6, 6.07) is 3.30. The quantitative estimate of drug-likeness (QED) is 0.888. The Hall–Kier alpha value is -1.95. The van der Waals surface area contributed by atoms with Crippen molar-refractivity contribution >= 4 is 22.4 Å². The molecule has 1 aromatic carbocycles. The first-order valence-electron chi connectivity index (χ1n) is 5.92. The minimum atomic E-state index is -0.581. The van der Waals surface area contributed by atoms with Gasteiger partial charge in [0.2, 0.25) is 0 Å². The van der Waals surface area contributed by atoms with Crippen LogP contribution < -0.4 is 5.32 Å². The highest BCUT2D eigenvalue weighted by Gasteiger charge is 2.19. The number of hydrogen-bond acceptors (Lipinski definition) is 4. The number of nitrogens with zero attached hydrogens (tertiary/aromatic N) is 1. The van der Waals surface area contributed by atoms with Gasteiger partial charge in [0.1, 0.15) is 11.6 Å². The first-order valence-corrected chi connectivity index (χ1v) is 6.73. The molecule has 1 aromatic heterocycles. The van der Waals surface area contributed by atoms with Crippen molar-refractivity contribution in [2.45, 2.75) is 19.3 Å². The maximum absolute atomic E-state index is 12.8. The number of nitrogens with one attached hydrogen (secondary N) is 1. The summed E-state index contributed by atoms with van der Waals surface area (Å²) in [7, 11) is 0. The van der Waals surface area contributed by atoms with Crippen molar-refractivity contribution in [2.75, 3.05) is 5.32 Å². The number of hydrogen-bond donors (Lipinski definition) is 2. The van der Waals surface area contributed by atoms with Crippen molar-refractivity contribution in [2.24, 2.45) is 0 Å². The summed E-state index contributed by atoms with van der Waals surface area (Å²) in [6.45, 7) is 0. The normalized spacial score (nSPS) is 13.3. The molecule has 0 spiro atoms. The molecule has 0 radical (unpaired) electrons. The Labute approximate surface area is 112 Å². The molecule has 1 heterocycles. The Bertz CT molecular complexity index is 633. The molecule has 19 heavy (non-hydrogen) atoms. The molecule has 0 saturated heterocycles. The molecule has 1 amide bonds. The lowest BCUT2D eigenvalue weighted by atomic mass is 10.2. The van der Waals surface area contributed by atoms with Gasteiger partial charge in [0.15, 0.2) is 5.13 Å². The van der Waals surface area contributed by atoms with E-state index in [9.17, 15) is 14.3 Å². The van der Waals surface area contributed by atoms with E-state index in [4.69, 9.17) is 0 Å². The van der Waals surface area contributed by atoms with Crippen LogP contribution in [0, 0.1) is 5.82 Å². The van der Waals surface area contributed by atoms with Crippen molar-refractivity contribution in [3.8, 4) is 5.75 Å². The lowest BCUT2D eigenvalue weighted by molar-refractivity contribution is 0.102. The van der Waals surface area contributed by atoms with E-state index < -0.39 is 11.7 Å². The van der Waals surface area contributed by atoms with Crippen LogP contribution in [0.2, 0.25) is 0 Å². The molecule has 4 nitrogen and oxygen atoms in total. The summed E-state index contributed by atoms with van der Waals surface area (Å²) in [5.41, 5.74) is 1.08. The Morgan fingerprint density at radius 3 is 3.00 bits per heavy atom. The second-order valence-electron chi connectivity index (χ2n) is 4.36. The van der Waals surface area contributed by atoms with Crippen molar-refractivity contribution in [1.82, 2.24) is 4.98 Å². The zero-order valence-corrected chi connectivity index (χ0v) is 10.8. The fourth-order valence-electron chi connectivity index (χ4n) is 2.11. The molecule has 0 aliphatic heterocycles. The average Bonchev–Trinajstić information content (AvgIpc) is 2.89. The number of phenolic OH excluding ortho intramolecular Hbond substituents is 1. The summed E-state index contributed by atoms with van der Waals surface area (Å²) in [4.78, 5) is 17.5. The number of carbonyl (C=O) groups is 1. The van der Waals surface area contributed by atoms with Crippen LogP contribution in [0.25, 0.3) is 0 Å². The van der Waals surface area contributed by atoms with E-state index in [0.717, 1.165) is 37.1 Å². The molecule has 0 bridgehead atoms. The average molecular weight is 278 g/mol. The van der Waals surface area contributed by atoms with Crippen LogP contribution in [0.15, 0.2) is 18.2 Å². The molecule has 6 heteroatoms. The fourth-order valence-corrected chi connectivity index (χ4v) is 3.15. The van der Waals surface area contributed by atoms with E-state index in [1.165, 1.54) is 22.3 Å². The molecule has 2 aromatic rings. The molecular weight excluding hydrogens is 267 g/mol. The number of anilines is 1. The van der Waals surface area contributed by atoms with Gasteiger partial charge in [-0.2, -0.15) is 0 Å². The first-order chi connectivity index (χ1) is 9.13. The van der Waals surface area contributed by atoms with Crippen molar-refractivity contribution in [1.29, 1.82) is 0 Å². The standard InChI is InChI=1S/C13H11FN2O2S/c14-7-4-5-8(10(17)6-7)12(18)16-13-15-9-2-1-3-11(9)19-13/h4-6,17H,1-3H2,(H,15,16,18). The SMILES string of the molecule is O=C(Nc1nc2c(s1)CCC2)c1ccc(F)cc1O. The highest BCUT2D eigenvalue weighted by atomic mass is 32.1. The van der Waals surface area contributed by atoms with Crippen molar-refractivity contribution < 1.29 is 14.3 Å². The fraction of sp³-hybridized carbons (Fsp3) is 0.231. The Morgan fingerprint density at radius 2 is 2.26 bits per heavy atom. The third kappa shape index (κ3) is 2.31. The minimum Gasteiger partial charge on any atom is -0.507 e. The van der Waals surface area contributed by atoms with Crippen LogP contribution in [0.1, 0.15) is 27.3 Å². The van der Waals surface area contributed by atoms with Crippen LogP contribution in [0.5, 0.6) is 5.75 Å². The number of aromatic nitrogens is 1. The lowest BCUT2D eigenvalue weighted by Crippen LogP contribution is -2.12. The summed E-state index contributed by atoms with van der Waals surface area (Å²) in [5.74, 6) is -1.44. The predicted molar refractivity (Wildman–Crippen MR) is 70.2 cm³/mol. The lowest BCUT2D eigenvalue weighted by Gasteiger charge is -2.04. The van der Waals surface area contributed by atoms with Crippen LogP contribution in [-0.4, -0.2) is 16.0 Å². The number of rotatable bonds is 2. The number of amides is 1. The van der Waals surface area contributed by atoms with Crippen LogP contribution in [-0.2, 0) is 12.8 Å². The van der Waals surface area contributed by atoms with E-state index in [1.807, 2.05) is 0 Å². The topological polar surface area (TPSA) is 62.2 Å². The van der Waals surface area contributed by atoms with Crippen LogP contribution >= 0.6 is 11.3 Å². The number of benzene rings is 1. The van der Waals surface area contributed by atoms with Gasteiger partial charge in [-0.05, 0) is 31.4 Å². The number of aryl methyl sites for hydroxylation is 2. The van der Waals surface area contributed by atoms with Gasteiger partial charge in [0.25, 0.3) is 5.91 Å². The molecule has 0 atom stereocenters. The van der Waals surface area contributed by atoms with E-state index in [1.54, 1.807) is 0 Å². The highest BCUT2D eigenvalue weighted by molar-refractivity contribution is 7.16. The number of phenols is 1. The Kier molecular flexibility index (Phi) is 2.94. The zero-order valence-electron chi connectivity index (χ0n) is 9.94. The third-order valence-electron chi connectivity index (χ3n) is 3.02. The van der Waals surface area contributed by atoms with Crippen molar-refractivity contribution in [3.05, 3.63) is 40.2 Å². The van der Waals surface area contributed by atoms with Crippen LogP contribution in [0.4, 0.5) is 9.52 Å². The highest BCUT2D eigenvalue weighted by Crippen LogP contribution is 2.31. The van der Waals surface area contributed by atoms with Crippen molar-refractivity contribution in [3.63, 3.8) is 0 Å². The molecule has 2 N–H and O–H groups in total. The summed E-state index contributed by atoms with van der Waals surface area (Å²) in [5, 5.41) is 12.7. The molecule has 1 aliphatic rings. The van der Waals surface area contributed by atoms with E-state index in [-0.39, 0.29) is 11.3 Å². The number of carbonyl (C=O) groups excluding carboxylic acids is 1. The second kappa shape index (κ2) is 4.62. The molecule has 0 fully saturated rings. The minimum absolute atomic E-state index is 0.0387. The maximum Gasteiger partial charge on any atom is 0.261 e. The number of aromatic hydroxyl groups is 1.